The number of piperazine rings is 1. The van der Waals surface area contributed by atoms with Gasteiger partial charge < -0.3 is 15.3 Å². The van der Waals surface area contributed by atoms with Crippen molar-refractivity contribution < 1.29 is 5.11 Å². The second-order valence-electron chi connectivity index (χ2n) is 6.87. The number of nitrogens with one attached hydrogen (secondary N) is 1. The van der Waals surface area contributed by atoms with Crippen LogP contribution in [-0.4, -0.2) is 69.1 Å². The zero-order chi connectivity index (χ0) is 19.5. The number of halogens is 1. The van der Waals surface area contributed by atoms with Gasteiger partial charge in [0.15, 0.2) is 5.65 Å². The Morgan fingerprint density at radius 2 is 1.93 bits per heavy atom. The van der Waals surface area contributed by atoms with E-state index in [1.165, 1.54) is 0 Å². The highest BCUT2D eigenvalue weighted by atomic mass is 35.5. The highest BCUT2D eigenvalue weighted by Gasteiger charge is 2.21. The first-order chi connectivity index (χ1) is 13.7. The Kier molecular flexibility index (Phi) is 5.61. The first-order valence-electron chi connectivity index (χ1n) is 9.41. The van der Waals surface area contributed by atoms with Gasteiger partial charge in [0.05, 0.1) is 18.2 Å². The number of aromatic nitrogens is 4. The summed E-state index contributed by atoms with van der Waals surface area (Å²) in [7, 11) is 1.89. The molecule has 0 radical (unpaired) electrons. The zero-order valence-corrected chi connectivity index (χ0v) is 16.6. The number of aliphatic hydroxyl groups is 1. The average Bonchev–Trinajstić information content (AvgIpc) is 3.09. The van der Waals surface area contributed by atoms with Crippen LogP contribution >= 0.6 is 11.6 Å². The van der Waals surface area contributed by atoms with Gasteiger partial charge in [0.1, 0.15) is 5.82 Å². The van der Waals surface area contributed by atoms with E-state index in [1.54, 1.807) is 10.9 Å². The maximum Gasteiger partial charge on any atom is 0.229 e. The number of fused-ring (bicyclic) bond motifs is 1. The van der Waals surface area contributed by atoms with Crippen LogP contribution < -0.4 is 10.2 Å². The summed E-state index contributed by atoms with van der Waals surface area (Å²) < 4.78 is 1.77. The number of aliphatic hydroxyl groups excluding tert-OH is 1. The summed E-state index contributed by atoms with van der Waals surface area (Å²) in [5.74, 6) is 1.45. The van der Waals surface area contributed by atoms with Crippen LogP contribution in [0.15, 0.2) is 30.5 Å². The van der Waals surface area contributed by atoms with Gasteiger partial charge in [-0.1, -0.05) is 29.8 Å². The van der Waals surface area contributed by atoms with Gasteiger partial charge in [-0.25, -0.2) is 0 Å². The number of β-amino-alcohol motifs (C(OH)–C–C–N with tert-alkyl or cyclic N) is 1. The molecule has 28 heavy (non-hydrogen) atoms. The predicted molar refractivity (Wildman–Crippen MR) is 111 cm³/mol. The minimum absolute atomic E-state index is 0.188. The van der Waals surface area contributed by atoms with Gasteiger partial charge in [-0.3, -0.25) is 9.58 Å². The van der Waals surface area contributed by atoms with Crippen molar-refractivity contribution >= 4 is 34.4 Å². The van der Waals surface area contributed by atoms with Crippen LogP contribution in [-0.2, 0) is 13.6 Å². The van der Waals surface area contributed by atoms with Gasteiger partial charge in [0, 0.05) is 51.3 Å². The van der Waals surface area contributed by atoms with Crippen molar-refractivity contribution in [3.05, 3.63) is 41.0 Å². The molecule has 0 spiro atoms. The quantitative estimate of drug-likeness (QED) is 0.651. The van der Waals surface area contributed by atoms with E-state index < -0.39 is 0 Å². The highest BCUT2D eigenvalue weighted by Crippen LogP contribution is 2.25. The van der Waals surface area contributed by atoms with E-state index in [0.29, 0.717) is 19.0 Å². The van der Waals surface area contributed by atoms with Gasteiger partial charge in [-0.2, -0.15) is 15.1 Å². The van der Waals surface area contributed by atoms with E-state index in [4.69, 9.17) is 26.7 Å². The van der Waals surface area contributed by atoms with Crippen LogP contribution in [0.5, 0.6) is 0 Å². The van der Waals surface area contributed by atoms with E-state index in [1.807, 2.05) is 31.3 Å². The molecule has 8 nitrogen and oxygen atoms in total. The van der Waals surface area contributed by atoms with E-state index in [-0.39, 0.29) is 6.61 Å². The number of anilines is 2. The van der Waals surface area contributed by atoms with Crippen molar-refractivity contribution in [2.75, 3.05) is 49.5 Å². The number of nitrogens with zero attached hydrogens (tertiary/aromatic N) is 6. The SMILES string of the molecule is Cn1ncc2c(NCc3ccccc3Cl)nc(N3CCN(CCO)CC3)nc21. The fraction of sp³-hybridized carbons (Fsp3) is 0.421. The van der Waals surface area contributed by atoms with Crippen molar-refractivity contribution in [1.82, 2.24) is 24.6 Å². The maximum atomic E-state index is 9.13. The molecule has 1 saturated heterocycles. The molecule has 0 bridgehead atoms. The fourth-order valence-corrected chi connectivity index (χ4v) is 3.62. The van der Waals surface area contributed by atoms with Crippen molar-refractivity contribution in [2.45, 2.75) is 6.54 Å². The lowest BCUT2D eigenvalue weighted by Gasteiger charge is -2.34. The second kappa shape index (κ2) is 8.30. The Balaban J connectivity index is 1.58. The molecule has 2 aromatic heterocycles. The molecule has 0 atom stereocenters. The number of hydrogen-bond donors (Lipinski definition) is 2. The Labute approximate surface area is 168 Å². The zero-order valence-electron chi connectivity index (χ0n) is 15.8. The number of benzene rings is 1. The monoisotopic (exact) mass is 401 g/mol. The molecule has 3 aromatic rings. The molecule has 148 valence electrons. The molecule has 2 N–H and O–H groups in total. The minimum atomic E-state index is 0.188. The van der Waals surface area contributed by atoms with Crippen LogP contribution in [0.4, 0.5) is 11.8 Å². The summed E-state index contributed by atoms with van der Waals surface area (Å²) in [5, 5.41) is 18.5. The molecule has 0 saturated carbocycles. The average molecular weight is 402 g/mol. The van der Waals surface area contributed by atoms with Crippen molar-refractivity contribution in [3.63, 3.8) is 0 Å². The van der Waals surface area contributed by atoms with Crippen LogP contribution in [0.25, 0.3) is 11.0 Å². The fourth-order valence-electron chi connectivity index (χ4n) is 3.42. The lowest BCUT2D eigenvalue weighted by Crippen LogP contribution is -2.47. The summed E-state index contributed by atoms with van der Waals surface area (Å²) in [5.41, 5.74) is 1.81. The molecule has 3 heterocycles. The van der Waals surface area contributed by atoms with Crippen LogP contribution in [0, 0.1) is 0 Å². The lowest BCUT2D eigenvalue weighted by atomic mass is 10.2. The molecule has 9 heteroatoms. The first-order valence-corrected chi connectivity index (χ1v) is 9.78. The molecule has 0 aliphatic carbocycles. The van der Waals surface area contributed by atoms with Crippen LogP contribution in [0.3, 0.4) is 0 Å². The van der Waals surface area contributed by atoms with Gasteiger partial charge >= 0.3 is 0 Å². The van der Waals surface area contributed by atoms with E-state index >= 15 is 0 Å². The standard InChI is InChI=1S/C19H24ClN7O/c1-25-18-15(13-22-25)17(21-12-14-4-2-3-5-16(14)20)23-19(24-18)27-8-6-26(7-9-27)10-11-28/h2-5,13,28H,6-12H2,1H3,(H,21,23,24). The summed E-state index contributed by atoms with van der Waals surface area (Å²) >= 11 is 6.29. The number of aryl methyl sites for hydroxylation is 1. The van der Waals surface area contributed by atoms with E-state index in [9.17, 15) is 0 Å². The highest BCUT2D eigenvalue weighted by molar-refractivity contribution is 6.31. The second-order valence-corrected chi connectivity index (χ2v) is 7.28. The number of hydrogen-bond acceptors (Lipinski definition) is 7. The first kappa shape index (κ1) is 18.9. The third-order valence-corrected chi connectivity index (χ3v) is 5.42. The van der Waals surface area contributed by atoms with Gasteiger partial charge in [-0.05, 0) is 11.6 Å². The third kappa shape index (κ3) is 3.89. The van der Waals surface area contributed by atoms with Gasteiger partial charge in [-0.15, -0.1) is 0 Å². The molecule has 0 unspecified atom stereocenters. The van der Waals surface area contributed by atoms with Crippen molar-refractivity contribution in [3.8, 4) is 0 Å². The van der Waals surface area contributed by atoms with E-state index in [2.05, 4.69) is 20.2 Å². The smallest absolute Gasteiger partial charge is 0.229 e. The van der Waals surface area contributed by atoms with Gasteiger partial charge in [0.2, 0.25) is 5.95 Å². The van der Waals surface area contributed by atoms with Crippen LogP contribution in [0.2, 0.25) is 5.02 Å². The van der Waals surface area contributed by atoms with E-state index in [0.717, 1.165) is 53.6 Å². The summed E-state index contributed by atoms with van der Waals surface area (Å²) in [6.45, 7) is 4.89. The Morgan fingerprint density at radius 1 is 1.14 bits per heavy atom. The third-order valence-electron chi connectivity index (χ3n) is 5.06. The number of rotatable bonds is 6. The molecular formula is C19H24ClN7O. The Morgan fingerprint density at radius 3 is 2.68 bits per heavy atom. The minimum Gasteiger partial charge on any atom is -0.395 e. The summed E-state index contributed by atoms with van der Waals surface area (Å²) in [6, 6.07) is 7.78. The topological polar surface area (TPSA) is 82.3 Å². The molecular weight excluding hydrogens is 378 g/mol. The largest absolute Gasteiger partial charge is 0.395 e. The molecule has 1 aliphatic rings. The summed E-state index contributed by atoms with van der Waals surface area (Å²) in [6.07, 6.45) is 1.78. The van der Waals surface area contributed by atoms with Crippen molar-refractivity contribution in [2.24, 2.45) is 7.05 Å². The normalized spacial score (nSPS) is 15.3. The van der Waals surface area contributed by atoms with Gasteiger partial charge in [0.25, 0.3) is 0 Å². The maximum absolute atomic E-state index is 9.13. The van der Waals surface area contributed by atoms with Crippen molar-refractivity contribution in [1.29, 1.82) is 0 Å². The molecule has 4 rings (SSSR count). The van der Waals surface area contributed by atoms with Crippen LogP contribution in [0.1, 0.15) is 5.56 Å². The molecule has 1 aliphatic heterocycles. The predicted octanol–water partition coefficient (Wildman–Crippen LogP) is 1.74. The Bertz CT molecular complexity index is 953. The Hall–Kier alpha value is -2.42. The molecule has 1 fully saturated rings. The lowest BCUT2D eigenvalue weighted by molar-refractivity contribution is 0.188. The summed E-state index contributed by atoms with van der Waals surface area (Å²) in [4.78, 5) is 14.0. The molecule has 0 amide bonds. The molecule has 1 aromatic carbocycles.